The van der Waals surface area contributed by atoms with E-state index in [1.807, 2.05) is 18.2 Å². The Kier molecular flexibility index (Phi) is 4.54. The van der Waals surface area contributed by atoms with Gasteiger partial charge in [-0.25, -0.2) is 4.39 Å². The number of nitrogens with zero attached hydrogens (tertiary/aromatic N) is 1. The summed E-state index contributed by atoms with van der Waals surface area (Å²) < 4.78 is 14.0. The highest BCUT2D eigenvalue weighted by Crippen LogP contribution is 2.25. The van der Waals surface area contributed by atoms with Gasteiger partial charge in [-0.15, -0.1) is 0 Å². The first-order valence-corrected chi connectivity index (χ1v) is 7.55. The van der Waals surface area contributed by atoms with Gasteiger partial charge in [-0.05, 0) is 17.7 Å². The van der Waals surface area contributed by atoms with E-state index >= 15 is 0 Å². The van der Waals surface area contributed by atoms with Crippen LogP contribution in [0.2, 0.25) is 5.02 Å². The van der Waals surface area contributed by atoms with Gasteiger partial charge in [0.15, 0.2) is 0 Å². The average Bonchev–Trinajstić information content (AvgIpc) is 2.51. The van der Waals surface area contributed by atoms with Gasteiger partial charge in [0.1, 0.15) is 5.82 Å². The highest BCUT2D eigenvalue weighted by atomic mass is 35.5. The second-order valence-corrected chi connectivity index (χ2v) is 5.77. The molecule has 0 amide bonds. The van der Waals surface area contributed by atoms with Crippen LogP contribution in [0.3, 0.4) is 0 Å². The zero-order chi connectivity index (χ0) is 14.7. The van der Waals surface area contributed by atoms with E-state index in [0.717, 1.165) is 19.6 Å². The average molecular weight is 305 g/mol. The van der Waals surface area contributed by atoms with E-state index in [4.69, 9.17) is 11.6 Å². The Morgan fingerprint density at radius 1 is 1.19 bits per heavy atom. The highest BCUT2D eigenvalue weighted by molar-refractivity contribution is 6.30. The molecule has 1 atom stereocenters. The molecule has 110 valence electrons. The molecule has 2 aromatic carbocycles. The van der Waals surface area contributed by atoms with Gasteiger partial charge in [0.25, 0.3) is 0 Å². The normalized spacial score (nSPS) is 19.6. The Morgan fingerprint density at radius 2 is 2.00 bits per heavy atom. The second kappa shape index (κ2) is 6.56. The largest absolute Gasteiger partial charge is 0.314 e. The molecule has 2 aromatic rings. The molecule has 1 fully saturated rings. The van der Waals surface area contributed by atoms with Crippen molar-refractivity contribution < 1.29 is 4.39 Å². The molecule has 0 radical (unpaired) electrons. The van der Waals surface area contributed by atoms with E-state index in [-0.39, 0.29) is 11.9 Å². The summed E-state index contributed by atoms with van der Waals surface area (Å²) in [5.74, 6) is -0.229. The standard InChI is InChI=1S/C17H18ClFN2/c18-15-7-6-14(16(19)10-15)12-21-9-8-20-11-17(21)13-4-2-1-3-5-13/h1-7,10,17,20H,8-9,11-12H2. The van der Waals surface area contributed by atoms with Crippen LogP contribution in [0, 0.1) is 5.82 Å². The van der Waals surface area contributed by atoms with E-state index in [0.29, 0.717) is 17.1 Å². The first-order chi connectivity index (χ1) is 10.2. The van der Waals surface area contributed by atoms with Crippen LogP contribution >= 0.6 is 11.6 Å². The maximum Gasteiger partial charge on any atom is 0.129 e. The SMILES string of the molecule is Fc1cc(Cl)ccc1CN1CCNCC1c1ccccc1. The first-order valence-electron chi connectivity index (χ1n) is 7.17. The van der Waals surface area contributed by atoms with Crippen LogP contribution in [0.4, 0.5) is 4.39 Å². The lowest BCUT2D eigenvalue weighted by Gasteiger charge is -2.36. The Morgan fingerprint density at radius 3 is 2.76 bits per heavy atom. The fraction of sp³-hybridized carbons (Fsp3) is 0.294. The molecular weight excluding hydrogens is 287 g/mol. The van der Waals surface area contributed by atoms with Crippen LogP contribution < -0.4 is 5.32 Å². The topological polar surface area (TPSA) is 15.3 Å². The van der Waals surface area contributed by atoms with Crippen LogP contribution in [-0.4, -0.2) is 24.5 Å². The first kappa shape index (κ1) is 14.5. The molecule has 0 aliphatic carbocycles. The van der Waals surface area contributed by atoms with Gasteiger partial charge in [-0.3, -0.25) is 4.90 Å². The molecule has 0 aromatic heterocycles. The molecule has 1 heterocycles. The van der Waals surface area contributed by atoms with Crippen LogP contribution in [0.25, 0.3) is 0 Å². The zero-order valence-electron chi connectivity index (χ0n) is 11.7. The van der Waals surface area contributed by atoms with Crippen molar-refractivity contribution in [1.82, 2.24) is 10.2 Å². The van der Waals surface area contributed by atoms with Gasteiger partial charge in [0.05, 0.1) is 0 Å². The minimum absolute atomic E-state index is 0.229. The molecule has 1 N–H and O–H groups in total. The van der Waals surface area contributed by atoms with Crippen LogP contribution in [0.5, 0.6) is 0 Å². The molecule has 1 aliphatic heterocycles. The number of nitrogens with one attached hydrogen (secondary N) is 1. The lowest BCUT2D eigenvalue weighted by atomic mass is 10.0. The monoisotopic (exact) mass is 304 g/mol. The summed E-state index contributed by atoms with van der Waals surface area (Å²) in [4.78, 5) is 2.32. The fourth-order valence-electron chi connectivity index (χ4n) is 2.81. The Labute approximate surface area is 129 Å². The summed E-state index contributed by atoms with van der Waals surface area (Å²) in [6.45, 7) is 3.32. The van der Waals surface area contributed by atoms with Crippen molar-refractivity contribution in [2.75, 3.05) is 19.6 Å². The number of hydrogen-bond donors (Lipinski definition) is 1. The molecule has 3 rings (SSSR count). The van der Waals surface area contributed by atoms with Gasteiger partial charge in [-0.2, -0.15) is 0 Å². The molecule has 0 spiro atoms. The van der Waals surface area contributed by atoms with E-state index < -0.39 is 0 Å². The maximum atomic E-state index is 14.0. The molecule has 1 aliphatic rings. The van der Waals surface area contributed by atoms with E-state index in [1.165, 1.54) is 11.6 Å². The number of benzene rings is 2. The predicted molar refractivity (Wildman–Crippen MR) is 83.9 cm³/mol. The predicted octanol–water partition coefficient (Wildman–Crippen LogP) is 3.63. The zero-order valence-corrected chi connectivity index (χ0v) is 12.5. The van der Waals surface area contributed by atoms with Gasteiger partial charge in [0.2, 0.25) is 0 Å². The highest BCUT2D eigenvalue weighted by Gasteiger charge is 2.24. The number of hydrogen-bond acceptors (Lipinski definition) is 2. The third kappa shape index (κ3) is 3.43. The van der Waals surface area contributed by atoms with Crippen molar-refractivity contribution in [3.8, 4) is 0 Å². The lowest BCUT2D eigenvalue weighted by Crippen LogP contribution is -2.45. The summed E-state index contributed by atoms with van der Waals surface area (Å²) >= 11 is 5.82. The summed E-state index contributed by atoms with van der Waals surface area (Å²) in [6, 6.07) is 15.6. The lowest BCUT2D eigenvalue weighted by molar-refractivity contribution is 0.152. The third-order valence-corrected chi connectivity index (χ3v) is 4.16. The minimum Gasteiger partial charge on any atom is -0.314 e. The number of halogens is 2. The van der Waals surface area contributed by atoms with Crippen molar-refractivity contribution >= 4 is 11.6 Å². The maximum absolute atomic E-state index is 14.0. The van der Waals surface area contributed by atoms with Gasteiger partial charge >= 0.3 is 0 Å². The van der Waals surface area contributed by atoms with Crippen molar-refractivity contribution in [1.29, 1.82) is 0 Å². The Balaban J connectivity index is 1.81. The summed E-state index contributed by atoms with van der Waals surface area (Å²) in [7, 11) is 0. The summed E-state index contributed by atoms with van der Waals surface area (Å²) in [6.07, 6.45) is 0. The van der Waals surface area contributed by atoms with Crippen LogP contribution in [-0.2, 0) is 6.54 Å². The van der Waals surface area contributed by atoms with Crippen molar-refractivity contribution in [2.24, 2.45) is 0 Å². The van der Waals surface area contributed by atoms with E-state index in [9.17, 15) is 4.39 Å². The van der Waals surface area contributed by atoms with E-state index in [1.54, 1.807) is 12.1 Å². The molecule has 2 nitrogen and oxygen atoms in total. The van der Waals surface area contributed by atoms with Gasteiger partial charge < -0.3 is 5.32 Å². The van der Waals surface area contributed by atoms with Gasteiger partial charge in [0, 0.05) is 42.8 Å². The molecular formula is C17H18ClFN2. The minimum atomic E-state index is -0.229. The van der Waals surface area contributed by atoms with Crippen molar-refractivity contribution in [3.05, 3.63) is 70.5 Å². The smallest absolute Gasteiger partial charge is 0.129 e. The second-order valence-electron chi connectivity index (χ2n) is 5.34. The number of rotatable bonds is 3. The molecule has 0 bridgehead atoms. The quantitative estimate of drug-likeness (QED) is 0.931. The fourth-order valence-corrected chi connectivity index (χ4v) is 2.97. The van der Waals surface area contributed by atoms with Crippen LogP contribution in [0.15, 0.2) is 48.5 Å². The molecule has 1 unspecified atom stereocenters. The summed E-state index contributed by atoms with van der Waals surface area (Å²) in [5.41, 5.74) is 1.96. The number of piperazine rings is 1. The molecule has 21 heavy (non-hydrogen) atoms. The molecule has 1 saturated heterocycles. The Hall–Kier alpha value is -1.42. The van der Waals surface area contributed by atoms with Crippen molar-refractivity contribution in [2.45, 2.75) is 12.6 Å². The third-order valence-electron chi connectivity index (χ3n) is 3.93. The van der Waals surface area contributed by atoms with E-state index in [2.05, 4.69) is 22.3 Å². The Bertz CT molecular complexity index is 603. The molecule has 4 heteroatoms. The molecule has 0 saturated carbocycles. The van der Waals surface area contributed by atoms with Gasteiger partial charge in [-0.1, -0.05) is 48.0 Å². The summed E-state index contributed by atoms with van der Waals surface area (Å²) in [5, 5.41) is 3.86. The van der Waals surface area contributed by atoms with Crippen LogP contribution in [0.1, 0.15) is 17.2 Å². The van der Waals surface area contributed by atoms with Crippen molar-refractivity contribution in [3.63, 3.8) is 0 Å².